The third-order valence-corrected chi connectivity index (χ3v) is 18.7. The molecule has 0 aromatic rings. The van der Waals surface area contributed by atoms with Crippen molar-refractivity contribution in [1.82, 2.24) is 0 Å². The molecular weight excluding hydrogens is 1190 g/mol. The van der Waals surface area contributed by atoms with Gasteiger partial charge in [-0.3, -0.25) is 37.3 Å². The molecule has 6 atom stereocenters. The molecule has 0 fully saturated rings. The fraction of sp³-hybridized carbons (Fsp3) is 0.944. The molecule has 0 bridgehead atoms. The Kier molecular flexibility index (Phi) is 61.8. The van der Waals surface area contributed by atoms with E-state index in [1.807, 2.05) is 0 Å². The summed E-state index contributed by atoms with van der Waals surface area (Å²) >= 11 is 0. The molecule has 0 aliphatic heterocycles. The monoisotopic (exact) mass is 1320 g/mol. The number of ether oxygens (including phenoxy) is 4. The Morgan fingerprint density at radius 2 is 0.567 bits per heavy atom. The highest BCUT2D eigenvalue weighted by Crippen LogP contribution is 2.45. The van der Waals surface area contributed by atoms with Crippen molar-refractivity contribution in [1.29, 1.82) is 0 Å². The molecule has 19 heteroatoms. The van der Waals surface area contributed by atoms with E-state index in [2.05, 4.69) is 41.5 Å². The first-order valence-corrected chi connectivity index (χ1v) is 40.0. The number of hydrogen-bond donors (Lipinski definition) is 3. The molecule has 0 heterocycles. The van der Waals surface area contributed by atoms with Gasteiger partial charge in [0.15, 0.2) is 12.2 Å². The van der Waals surface area contributed by atoms with Gasteiger partial charge in [-0.2, -0.15) is 0 Å². The van der Waals surface area contributed by atoms with E-state index in [9.17, 15) is 43.2 Å². The molecule has 0 radical (unpaired) electrons. The number of phosphoric acid groups is 2. The van der Waals surface area contributed by atoms with Gasteiger partial charge in [0.05, 0.1) is 26.4 Å². The molecule has 17 nitrogen and oxygen atoms in total. The fourth-order valence-electron chi connectivity index (χ4n) is 10.7. The van der Waals surface area contributed by atoms with Crippen LogP contribution >= 0.6 is 15.6 Å². The Morgan fingerprint density at radius 3 is 0.844 bits per heavy atom. The lowest BCUT2D eigenvalue weighted by Gasteiger charge is -2.21. The van der Waals surface area contributed by atoms with Crippen LogP contribution in [0.15, 0.2) is 0 Å². The standard InChI is InChI=1S/C71H138O17P2/c1-7-10-12-14-16-18-19-20-24-27-31-35-42-48-54-69(74)82-59-66(87-70(75)55-49-43-36-32-28-25-22-21-23-26-30-33-39-45-51-63(4)5)61-85-89(77,78)83-57-65(72)58-84-90(79,80)86-62-67(60-81-68(73)53-47-41-34-29-17-15-13-11-8-2)88-71(76)56-50-44-38-37-40-46-52-64(6)9-3/h63-67,72H,7-62H2,1-6H3,(H,77,78)(H,79,80)/t64?,65-,66-,67-/m1/s1. The number of esters is 4. The van der Waals surface area contributed by atoms with Crippen LogP contribution in [0.3, 0.4) is 0 Å². The molecule has 0 saturated heterocycles. The van der Waals surface area contributed by atoms with Crippen molar-refractivity contribution >= 4 is 39.5 Å². The van der Waals surface area contributed by atoms with Crippen LogP contribution in [-0.4, -0.2) is 96.7 Å². The molecule has 0 saturated carbocycles. The smallest absolute Gasteiger partial charge is 0.462 e. The minimum absolute atomic E-state index is 0.103. The highest BCUT2D eigenvalue weighted by molar-refractivity contribution is 7.47. The first-order chi connectivity index (χ1) is 43.4. The topological polar surface area (TPSA) is 237 Å². The Morgan fingerprint density at radius 1 is 0.322 bits per heavy atom. The van der Waals surface area contributed by atoms with Gasteiger partial charge in [0.2, 0.25) is 0 Å². The van der Waals surface area contributed by atoms with Crippen molar-refractivity contribution in [3.05, 3.63) is 0 Å². The summed E-state index contributed by atoms with van der Waals surface area (Å²) in [6.07, 6.45) is 48.6. The number of aliphatic hydroxyl groups is 1. The van der Waals surface area contributed by atoms with Crippen molar-refractivity contribution in [3.8, 4) is 0 Å². The quantitative estimate of drug-likeness (QED) is 0.0222. The first-order valence-electron chi connectivity index (χ1n) is 37.0. The maximum Gasteiger partial charge on any atom is 0.472 e. The van der Waals surface area contributed by atoms with Crippen molar-refractivity contribution in [2.24, 2.45) is 11.8 Å². The van der Waals surface area contributed by atoms with Gasteiger partial charge in [-0.15, -0.1) is 0 Å². The molecule has 534 valence electrons. The largest absolute Gasteiger partial charge is 0.472 e. The molecule has 0 spiro atoms. The Bertz CT molecular complexity index is 1750. The van der Waals surface area contributed by atoms with Gasteiger partial charge < -0.3 is 33.8 Å². The summed E-state index contributed by atoms with van der Waals surface area (Å²) in [5, 5.41) is 10.6. The summed E-state index contributed by atoms with van der Waals surface area (Å²) in [5.41, 5.74) is 0. The van der Waals surface area contributed by atoms with Crippen molar-refractivity contribution < 1.29 is 80.2 Å². The molecule has 0 amide bonds. The van der Waals surface area contributed by atoms with Crippen LogP contribution < -0.4 is 0 Å². The van der Waals surface area contributed by atoms with Crippen LogP contribution in [0, 0.1) is 11.8 Å². The second-order valence-electron chi connectivity index (χ2n) is 26.3. The third kappa shape index (κ3) is 63.5. The van der Waals surface area contributed by atoms with Crippen molar-refractivity contribution in [2.75, 3.05) is 39.6 Å². The summed E-state index contributed by atoms with van der Waals surface area (Å²) in [6, 6.07) is 0. The Hall–Kier alpha value is -1.94. The summed E-state index contributed by atoms with van der Waals surface area (Å²) in [5.74, 6) is -0.610. The zero-order valence-corrected chi connectivity index (χ0v) is 60.2. The van der Waals surface area contributed by atoms with Gasteiger partial charge in [-0.05, 0) is 37.5 Å². The van der Waals surface area contributed by atoms with Crippen LogP contribution in [0.2, 0.25) is 0 Å². The second kappa shape index (κ2) is 63.1. The summed E-state index contributed by atoms with van der Waals surface area (Å²) in [6.45, 7) is 9.52. The zero-order valence-electron chi connectivity index (χ0n) is 58.4. The number of carbonyl (C=O) groups is 4. The second-order valence-corrected chi connectivity index (χ2v) is 29.3. The first kappa shape index (κ1) is 88.1. The molecule has 0 aromatic heterocycles. The van der Waals surface area contributed by atoms with Crippen LogP contribution in [0.4, 0.5) is 0 Å². The molecule has 0 aliphatic carbocycles. The SMILES string of the molecule is CCCCCCCCCCCCCCCCC(=O)OC[C@H](COP(=O)(O)OC[C@@H](O)COP(=O)(O)OC[C@@H](COC(=O)CCCCCCCCCCC)OC(=O)CCCCCCCCC(C)CC)OC(=O)CCCCCCCCCCCCCCCCC(C)C. The predicted molar refractivity (Wildman–Crippen MR) is 363 cm³/mol. The van der Waals surface area contributed by atoms with E-state index in [4.69, 9.17) is 37.0 Å². The number of rotatable bonds is 70. The normalized spacial score (nSPS) is 14.4. The van der Waals surface area contributed by atoms with E-state index in [0.29, 0.717) is 25.7 Å². The minimum Gasteiger partial charge on any atom is -0.462 e. The molecule has 0 rings (SSSR count). The van der Waals surface area contributed by atoms with Gasteiger partial charge in [0.1, 0.15) is 19.3 Å². The molecule has 3 N–H and O–H groups in total. The number of carbonyl (C=O) groups excluding carboxylic acids is 4. The minimum atomic E-state index is -4.95. The van der Waals surface area contributed by atoms with E-state index in [-0.39, 0.29) is 25.7 Å². The van der Waals surface area contributed by atoms with Gasteiger partial charge in [-0.25, -0.2) is 9.13 Å². The summed E-state index contributed by atoms with van der Waals surface area (Å²) < 4.78 is 68.3. The molecular formula is C71H138O17P2. The Balaban J connectivity index is 5.23. The van der Waals surface area contributed by atoms with Crippen LogP contribution in [-0.2, 0) is 65.4 Å². The Labute approximate surface area is 549 Å². The van der Waals surface area contributed by atoms with Crippen LogP contribution in [0.25, 0.3) is 0 Å². The lowest BCUT2D eigenvalue weighted by atomic mass is 10.00. The molecule has 90 heavy (non-hydrogen) atoms. The molecule has 3 unspecified atom stereocenters. The fourth-order valence-corrected chi connectivity index (χ4v) is 12.3. The van der Waals surface area contributed by atoms with Gasteiger partial charge in [0, 0.05) is 25.7 Å². The average Bonchev–Trinajstić information content (AvgIpc) is 3.61. The molecule has 0 aromatic carbocycles. The predicted octanol–water partition coefficient (Wildman–Crippen LogP) is 20.4. The van der Waals surface area contributed by atoms with Gasteiger partial charge in [0.25, 0.3) is 0 Å². The van der Waals surface area contributed by atoms with Gasteiger partial charge >= 0.3 is 39.5 Å². The van der Waals surface area contributed by atoms with E-state index in [1.165, 1.54) is 180 Å². The maximum atomic E-state index is 13.0. The number of phosphoric ester groups is 2. The lowest BCUT2D eigenvalue weighted by molar-refractivity contribution is -0.161. The maximum absolute atomic E-state index is 13.0. The van der Waals surface area contributed by atoms with Crippen molar-refractivity contribution in [2.45, 2.75) is 381 Å². The van der Waals surface area contributed by atoms with E-state index in [0.717, 1.165) is 102 Å². The van der Waals surface area contributed by atoms with Crippen LogP contribution in [0.1, 0.15) is 363 Å². The number of unbranched alkanes of at least 4 members (excludes halogenated alkanes) is 39. The average molecular weight is 1330 g/mol. The van der Waals surface area contributed by atoms with E-state index in [1.54, 1.807) is 0 Å². The van der Waals surface area contributed by atoms with E-state index < -0.39 is 97.5 Å². The highest BCUT2D eigenvalue weighted by atomic mass is 31.2. The van der Waals surface area contributed by atoms with Gasteiger partial charge in [-0.1, -0.05) is 311 Å². The molecule has 0 aliphatic rings. The van der Waals surface area contributed by atoms with Crippen molar-refractivity contribution in [3.63, 3.8) is 0 Å². The summed E-state index contributed by atoms with van der Waals surface area (Å²) in [4.78, 5) is 72.5. The highest BCUT2D eigenvalue weighted by Gasteiger charge is 2.30. The zero-order chi connectivity index (χ0) is 66.5. The lowest BCUT2D eigenvalue weighted by Crippen LogP contribution is -2.30. The third-order valence-electron chi connectivity index (χ3n) is 16.8. The van der Waals surface area contributed by atoms with Crippen LogP contribution in [0.5, 0.6) is 0 Å². The van der Waals surface area contributed by atoms with E-state index >= 15 is 0 Å². The number of hydrogen-bond acceptors (Lipinski definition) is 15. The number of aliphatic hydroxyl groups excluding tert-OH is 1. The summed E-state index contributed by atoms with van der Waals surface area (Å²) in [7, 11) is -9.90.